The third kappa shape index (κ3) is 58.6. The molecule has 0 amide bonds. The Bertz CT molecular complexity index is 58.0. The monoisotopic (exact) mass is 294 g/mol. The molecule has 32 valence electrons. The van der Waals surface area contributed by atoms with Crippen molar-refractivity contribution in [3.8, 4) is 0 Å². The Morgan fingerprint density at radius 1 is 1.40 bits per heavy atom. The Labute approximate surface area is 50.8 Å². The average Bonchev–Trinajstić information content (AvgIpc) is 0.811. The molecule has 0 rings (SSSR count). The molecule has 0 aliphatic heterocycles. The van der Waals surface area contributed by atoms with Crippen LogP contribution in [0.3, 0.4) is 0 Å². The summed E-state index contributed by atoms with van der Waals surface area (Å²) in [5, 5.41) is 0. The Morgan fingerprint density at radius 3 is 1.40 bits per heavy atom. The molecule has 0 heterocycles. The van der Waals surface area contributed by atoms with Crippen LogP contribution in [0.5, 0.6) is 0 Å². The number of rotatable bonds is 0. The van der Waals surface area contributed by atoms with Crippen LogP contribution < -0.4 is 0 Å². The molecular formula is H3FO2PbS. The van der Waals surface area contributed by atoms with E-state index in [4.69, 9.17) is 8.42 Å². The van der Waals surface area contributed by atoms with E-state index in [2.05, 4.69) is 0 Å². The topological polar surface area (TPSA) is 34.1 Å². The van der Waals surface area contributed by atoms with Crippen molar-refractivity contribution in [2.75, 3.05) is 0 Å². The van der Waals surface area contributed by atoms with Gasteiger partial charge in [-0.2, -0.15) is 8.42 Å². The van der Waals surface area contributed by atoms with Gasteiger partial charge in [0, 0.05) is 0 Å². The summed E-state index contributed by atoms with van der Waals surface area (Å²) in [4.78, 5) is 0. The fourth-order valence-electron chi connectivity index (χ4n) is 0. The van der Waals surface area contributed by atoms with Crippen LogP contribution >= 0.6 is 0 Å². The van der Waals surface area contributed by atoms with Crippen LogP contribution in [-0.4, -0.2) is 35.7 Å². The van der Waals surface area contributed by atoms with E-state index in [0.29, 0.717) is 0 Å². The molecule has 5 heavy (non-hydrogen) atoms. The summed E-state index contributed by atoms with van der Waals surface area (Å²) in [5.74, 6) is 0. The maximum absolute atomic E-state index is 9.95. The van der Waals surface area contributed by atoms with Crippen molar-refractivity contribution >= 4 is 38.4 Å². The SMILES string of the molecule is O=[SH](=O)F.[PbH2]. The molecular weight excluding hydrogens is 290 g/mol. The minimum atomic E-state index is -3.62. The van der Waals surface area contributed by atoms with Gasteiger partial charge in [0.15, 0.2) is 0 Å². The Kier molecular flexibility index (Phi) is 8.89. The Morgan fingerprint density at radius 2 is 1.40 bits per heavy atom. The Balaban J connectivity index is 0. The molecule has 0 aromatic rings. The summed E-state index contributed by atoms with van der Waals surface area (Å²) in [6.45, 7) is 0. The van der Waals surface area contributed by atoms with E-state index in [1.807, 2.05) is 0 Å². The fraction of sp³-hybridized carbons (Fsp3) is 0. The zero-order valence-corrected chi connectivity index (χ0v) is 8.74. The molecule has 0 aromatic heterocycles. The summed E-state index contributed by atoms with van der Waals surface area (Å²) in [6.07, 6.45) is 0. The van der Waals surface area contributed by atoms with Crippen molar-refractivity contribution in [1.29, 1.82) is 0 Å². The van der Waals surface area contributed by atoms with Crippen LogP contribution in [0, 0.1) is 0 Å². The van der Waals surface area contributed by atoms with E-state index in [9.17, 15) is 3.89 Å². The van der Waals surface area contributed by atoms with Crippen LogP contribution in [0.15, 0.2) is 0 Å². The summed E-state index contributed by atoms with van der Waals surface area (Å²) < 4.78 is 26.7. The molecule has 0 aromatic carbocycles. The van der Waals surface area contributed by atoms with Gasteiger partial charge < -0.3 is 0 Å². The predicted octanol–water partition coefficient (Wildman–Crippen LogP) is -1.43. The Hall–Kier alpha value is 0.802. The average molecular weight is 293 g/mol. The van der Waals surface area contributed by atoms with Gasteiger partial charge in [0.1, 0.15) is 0 Å². The number of hydrogen-bond acceptors (Lipinski definition) is 2. The molecule has 0 aliphatic rings. The van der Waals surface area contributed by atoms with Crippen molar-refractivity contribution in [1.82, 2.24) is 0 Å². The molecule has 0 bridgehead atoms. The van der Waals surface area contributed by atoms with Gasteiger partial charge in [-0.05, 0) is 0 Å². The first-order chi connectivity index (χ1) is 1.73. The number of thiol groups is 1. The second-order valence-electron chi connectivity index (χ2n) is 0.213. The van der Waals surface area contributed by atoms with Crippen molar-refractivity contribution in [3.05, 3.63) is 0 Å². The first kappa shape index (κ1) is 9.26. The van der Waals surface area contributed by atoms with Crippen LogP contribution in [0.1, 0.15) is 0 Å². The quantitative estimate of drug-likeness (QED) is 0.337. The minimum absolute atomic E-state index is 0. The van der Waals surface area contributed by atoms with Crippen LogP contribution in [0.2, 0.25) is 0 Å². The van der Waals surface area contributed by atoms with E-state index in [1.54, 1.807) is 0 Å². The molecule has 0 fully saturated rings. The van der Waals surface area contributed by atoms with Crippen molar-refractivity contribution in [2.24, 2.45) is 0 Å². The second kappa shape index (κ2) is 4.80. The summed E-state index contributed by atoms with van der Waals surface area (Å²) in [5.41, 5.74) is 0. The first-order valence-corrected chi connectivity index (χ1v) is 1.60. The standard InChI is InChI=1S/FHO2S.Pb.2H/c1-4(2)3;;;/h4H;;;. The van der Waals surface area contributed by atoms with E-state index in [-0.39, 0.29) is 27.3 Å². The molecule has 5 heteroatoms. The van der Waals surface area contributed by atoms with Crippen LogP contribution in [0.4, 0.5) is 3.89 Å². The number of halogens is 1. The van der Waals surface area contributed by atoms with Gasteiger partial charge in [0.05, 0.1) is 0 Å². The van der Waals surface area contributed by atoms with Gasteiger partial charge in [-0.25, -0.2) is 0 Å². The van der Waals surface area contributed by atoms with Gasteiger partial charge >= 0.3 is 27.3 Å². The summed E-state index contributed by atoms with van der Waals surface area (Å²) in [7, 11) is 0. The van der Waals surface area contributed by atoms with E-state index < -0.39 is 11.1 Å². The molecule has 2 nitrogen and oxygen atoms in total. The maximum atomic E-state index is 9.95. The fourth-order valence-corrected chi connectivity index (χ4v) is 0. The van der Waals surface area contributed by atoms with Gasteiger partial charge in [0.2, 0.25) is 0 Å². The molecule has 2 radical (unpaired) electrons. The summed E-state index contributed by atoms with van der Waals surface area (Å²) in [6, 6.07) is 0. The van der Waals surface area contributed by atoms with Gasteiger partial charge in [-0.1, -0.05) is 0 Å². The predicted molar refractivity (Wildman–Crippen MR) is 20.0 cm³/mol. The molecule has 0 unspecified atom stereocenters. The molecule has 0 saturated carbocycles. The third-order valence-corrected chi connectivity index (χ3v) is 0. The van der Waals surface area contributed by atoms with E-state index in [1.165, 1.54) is 0 Å². The van der Waals surface area contributed by atoms with Gasteiger partial charge in [-0.15, -0.1) is 3.89 Å². The van der Waals surface area contributed by atoms with Crippen molar-refractivity contribution in [2.45, 2.75) is 0 Å². The summed E-state index contributed by atoms with van der Waals surface area (Å²) >= 11 is -3.62. The van der Waals surface area contributed by atoms with Gasteiger partial charge in [0.25, 0.3) is 11.1 Å². The molecule has 0 atom stereocenters. The van der Waals surface area contributed by atoms with E-state index in [0.717, 1.165) is 0 Å². The number of hydrogen-bond donors (Lipinski definition) is 1. The zero-order valence-electron chi connectivity index (χ0n) is 2.35. The van der Waals surface area contributed by atoms with Crippen LogP contribution in [0.25, 0.3) is 0 Å². The molecule has 0 saturated heterocycles. The first-order valence-electron chi connectivity index (χ1n) is 0.534. The van der Waals surface area contributed by atoms with Crippen LogP contribution in [-0.2, 0) is 11.1 Å². The zero-order chi connectivity index (χ0) is 3.58. The molecule has 0 N–H and O–H groups in total. The molecule has 0 spiro atoms. The third-order valence-electron chi connectivity index (χ3n) is 0. The van der Waals surface area contributed by atoms with Crippen molar-refractivity contribution in [3.63, 3.8) is 0 Å². The molecule has 0 aliphatic carbocycles. The normalized spacial score (nSPS) is 6.80. The second-order valence-corrected chi connectivity index (χ2v) is 0.638. The van der Waals surface area contributed by atoms with Gasteiger partial charge in [-0.3, -0.25) is 0 Å². The van der Waals surface area contributed by atoms with Crippen molar-refractivity contribution < 1.29 is 12.3 Å². The van der Waals surface area contributed by atoms with E-state index >= 15 is 0 Å².